The van der Waals surface area contributed by atoms with Gasteiger partial charge in [-0.05, 0) is 55.5 Å². The summed E-state index contributed by atoms with van der Waals surface area (Å²) in [6.07, 6.45) is 7.94. The van der Waals surface area contributed by atoms with Gasteiger partial charge < -0.3 is 4.74 Å². The lowest BCUT2D eigenvalue weighted by atomic mass is 9.67. The number of aromatic nitrogens is 1. The lowest BCUT2D eigenvalue weighted by Gasteiger charge is -2.35. The van der Waals surface area contributed by atoms with Crippen LogP contribution in [0.15, 0.2) is 60.3 Å². The number of fused-ring (bicyclic) bond motifs is 1. The predicted molar refractivity (Wildman–Crippen MR) is 108 cm³/mol. The quantitative estimate of drug-likeness (QED) is 0.539. The minimum absolute atomic E-state index is 0.0812. The van der Waals surface area contributed by atoms with Crippen LogP contribution >= 0.6 is 0 Å². The predicted octanol–water partition coefficient (Wildman–Crippen LogP) is 5.29. The molecule has 144 valence electrons. The van der Waals surface area contributed by atoms with E-state index in [9.17, 15) is 9.18 Å². The fraction of sp³-hybridized carbons (Fsp3) is 0.333. The molecule has 1 aliphatic carbocycles. The van der Waals surface area contributed by atoms with Gasteiger partial charge in [-0.15, -0.1) is 0 Å². The van der Waals surface area contributed by atoms with E-state index < -0.39 is 0 Å². The molecule has 0 spiro atoms. The normalized spacial score (nSPS) is 29.5. The van der Waals surface area contributed by atoms with Gasteiger partial charge in [-0.1, -0.05) is 42.8 Å². The third-order valence-electron chi connectivity index (χ3n) is 6.15. The van der Waals surface area contributed by atoms with Crippen molar-refractivity contribution < 1.29 is 13.9 Å². The van der Waals surface area contributed by atoms with E-state index in [1.165, 1.54) is 17.7 Å². The number of carbonyl (C=O) groups excluding carboxylic acids is 1. The van der Waals surface area contributed by atoms with Crippen LogP contribution in [-0.4, -0.2) is 17.1 Å². The number of cyclic esters (lactones) is 1. The smallest absolute Gasteiger partial charge is 0.313 e. The van der Waals surface area contributed by atoms with Gasteiger partial charge in [-0.2, -0.15) is 0 Å². The number of halogens is 1. The average Bonchev–Trinajstić information content (AvgIpc) is 2.96. The lowest BCUT2D eigenvalue weighted by Crippen LogP contribution is -2.34. The van der Waals surface area contributed by atoms with Crippen molar-refractivity contribution in [2.45, 2.75) is 26.9 Å². The second kappa shape index (κ2) is 7.34. The van der Waals surface area contributed by atoms with Crippen LogP contribution in [0.5, 0.6) is 0 Å². The summed E-state index contributed by atoms with van der Waals surface area (Å²) in [6, 6.07) is 10.4. The summed E-state index contributed by atoms with van der Waals surface area (Å²) in [7, 11) is 0. The van der Waals surface area contributed by atoms with E-state index in [0.29, 0.717) is 5.92 Å². The van der Waals surface area contributed by atoms with Crippen molar-refractivity contribution in [1.82, 2.24) is 4.98 Å². The van der Waals surface area contributed by atoms with Crippen LogP contribution in [0, 0.1) is 29.5 Å². The number of benzene rings is 1. The van der Waals surface area contributed by atoms with Gasteiger partial charge in [0, 0.05) is 17.7 Å². The number of hydrogen-bond donors (Lipinski definition) is 0. The first kappa shape index (κ1) is 18.6. The van der Waals surface area contributed by atoms with Crippen molar-refractivity contribution in [3.05, 3.63) is 71.8 Å². The first-order valence-corrected chi connectivity index (χ1v) is 9.73. The van der Waals surface area contributed by atoms with E-state index in [1.54, 1.807) is 12.3 Å². The van der Waals surface area contributed by atoms with Gasteiger partial charge in [-0.25, -0.2) is 4.39 Å². The van der Waals surface area contributed by atoms with Crippen molar-refractivity contribution >= 4 is 12.0 Å². The molecule has 4 heteroatoms. The number of nitrogens with zero attached hydrogens (tertiary/aromatic N) is 1. The fourth-order valence-electron chi connectivity index (χ4n) is 4.44. The zero-order chi connectivity index (χ0) is 19.8. The minimum atomic E-state index is -0.256. The molecule has 4 unspecified atom stereocenters. The van der Waals surface area contributed by atoms with Gasteiger partial charge in [0.1, 0.15) is 11.9 Å². The Morgan fingerprint density at radius 3 is 2.68 bits per heavy atom. The molecule has 1 aliphatic heterocycles. The van der Waals surface area contributed by atoms with Gasteiger partial charge >= 0.3 is 5.97 Å². The maximum Gasteiger partial charge on any atom is 0.313 e. The molecule has 3 nitrogen and oxygen atoms in total. The highest BCUT2D eigenvalue weighted by atomic mass is 19.1. The highest BCUT2D eigenvalue weighted by Crippen LogP contribution is 2.45. The second-order valence-corrected chi connectivity index (χ2v) is 7.86. The van der Waals surface area contributed by atoms with Crippen molar-refractivity contribution in [2.24, 2.45) is 23.7 Å². The maximum atomic E-state index is 13.4. The zero-order valence-electron chi connectivity index (χ0n) is 16.3. The van der Waals surface area contributed by atoms with Crippen LogP contribution in [0.1, 0.15) is 26.5 Å². The molecule has 0 amide bonds. The number of hydrogen-bond acceptors (Lipinski definition) is 3. The van der Waals surface area contributed by atoms with E-state index in [0.717, 1.165) is 16.8 Å². The fourth-order valence-corrected chi connectivity index (χ4v) is 4.44. The van der Waals surface area contributed by atoms with Crippen molar-refractivity contribution in [3.63, 3.8) is 0 Å². The largest absolute Gasteiger partial charge is 0.462 e. The Bertz CT molecular complexity index is 947. The molecule has 4 rings (SSSR count). The summed E-state index contributed by atoms with van der Waals surface area (Å²) in [6.45, 7) is 6.27. The summed E-state index contributed by atoms with van der Waals surface area (Å²) in [4.78, 5) is 16.7. The van der Waals surface area contributed by atoms with Gasteiger partial charge in [0.2, 0.25) is 0 Å². The Morgan fingerprint density at radius 1 is 1.14 bits per heavy atom. The Morgan fingerprint density at radius 2 is 1.96 bits per heavy atom. The van der Waals surface area contributed by atoms with Gasteiger partial charge in [0.25, 0.3) is 0 Å². The van der Waals surface area contributed by atoms with Gasteiger partial charge in [-0.3, -0.25) is 9.78 Å². The minimum Gasteiger partial charge on any atom is -0.462 e. The molecule has 2 heterocycles. The molecule has 1 aromatic heterocycles. The van der Waals surface area contributed by atoms with Crippen LogP contribution in [-0.2, 0) is 9.53 Å². The molecule has 1 fully saturated rings. The molecule has 2 aromatic rings. The Labute approximate surface area is 165 Å². The van der Waals surface area contributed by atoms with Crippen LogP contribution < -0.4 is 0 Å². The number of ether oxygens (including phenoxy) is 1. The number of carbonyl (C=O) groups is 1. The van der Waals surface area contributed by atoms with Crippen molar-refractivity contribution in [2.75, 3.05) is 0 Å². The molecule has 0 saturated carbocycles. The van der Waals surface area contributed by atoms with Gasteiger partial charge in [0.05, 0.1) is 11.6 Å². The molecule has 0 radical (unpaired) electrons. The third kappa shape index (κ3) is 3.39. The Kier molecular flexibility index (Phi) is 4.88. The SMILES string of the molecule is CC1=CC2C(=O)O[C@H](C)C2C(/C=C/c2ccc(-c3cccc(F)c3)cn2)C1C. The van der Waals surface area contributed by atoms with E-state index in [-0.39, 0.29) is 35.6 Å². The highest BCUT2D eigenvalue weighted by Gasteiger charge is 2.48. The van der Waals surface area contributed by atoms with Crippen molar-refractivity contribution in [1.29, 1.82) is 0 Å². The van der Waals surface area contributed by atoms with Gasteiger partial charge in [0.15, 0.2) is 0 Å². The molecular formula is C24H24FNO2. The van der Waals surface area contributed by atoms with Crippen molar-refractivity contribution in [3.8, 4) is 11.1 Å². The summed E-state index contributed by atoms with van der Waals surface area (Å²) >= 11 is 0. The first-order chi connectivity index (χ1) is 13.4. The molecule has 1 aromatic carbocycles. The number of pyridine rings is 1. The molecule has 2 aliphatic rings. The van der Waals surface area contributed by atoms with Crippen LogP contribution in [0.25, 0.3) is 17.2 Å². The standard InChI is InChI=1S/C24H24FNO2/c1-14-11-22-23(16(3)28-24(22)27)21(15(14)2)10-9-20-8-7-18(13-26-20)17-5-4-6-19(25)12-17/h4-13,15-16,21-23H,1-3H3/b10-9+/t15?,16-,21?,22?,23?/m1/s1. The highest BCUT2D eigenvalue weighted by molar-refractivity contribution is 5.78. The monoisotopic (exact) mass is 377 g/mol. The molecule has 1 saturated heterocycles. The molecule has 5 atom stereocenters. The van der Waals surface area contributed by atoms with E-state index in [1.807, 2.05) is 31.2 Å². The van der Waals surface area contributed by atoms with Crippen LogP contribution in [0.3, 0.4) is 0 Å². The molecule has 28 heavy (non-hydrogen) atoms. The lowest BCUT2D eigenvalue weighted by molar-refractivity contribution is -0.142. The van der Waals surface area contributed by atoms with E-state index in [4.69, 9.17) is 4.74 Å². The zero-order valence-corrected chi connectivity index (χ0v) is 16.3. The number of esters is 1. The van der Waals surface area contributed by atoms with Crippen LogP contribution in [0.4, 0.5) is 4.39 Å². The third-order valence-corrected chi connectivity index (χ3v) is 6.15. The summed E-state index contributed by atoms with van der Waals surface area (Å²) < 4.78 is 18.9. The topological polar surface area (TPSA) is 39.2 Å². The van der Waals surface area contributed by atoms with E-state index in [2.05, 4.69) is 31.0 Å². The molecular weight excluding hydrogens is 353 g/mol. The summed E-state index contributed by atoms with van der Waals surface area (Å²) in [5, 5.41) is 0. The molecule has 0 N–H and O–H groups in total. The Hall–Kier alpha value is -2.75. The number of allylic oxidation sites excluding steroid dienone is 2. The second-order valence-electron chi connectivity index (χ2n) is 7.86. The Balaban J connectivity index is 1.56. The summed E-state index contributed by atoms with van der Waals surface area (Å²) in [5.74, 6) is 0.216. The van der Waals surface area contributed by atoms with E-state index >= 15 is 0 Å². The van der Waals surface area contributed by atoms with Crippen LogP contribution in [0.2, 0.25) is 0 Å². The summed E-state index contributed by atoms with van der Waals surface area (Å²) in [5.41, 5.74) is 3.76. The maximum absolute atomic E-state index is 13.4. The molecule has 0 bridgehead atoms. The number of rotatable bonds is 3. The average molecular weight is 377 g/mol. The first-order valence-electron chi connectivity index (χ1n) is 9.73.